The summed E-state index contributed by atoms with van der Waals surface area (Å²) < 4.78 is 0. The Labute approximate surface area is 96.9 Å². The number of hydrogen-bond donors (Lipinski definition) is 2. The maximum Gasteiger partial charge on any atom is 0.224 e. The summed E-state index contributed by atoms with van der Waals surface area (Å²) in [7, 11) is 0. The van der Waals surface area contributed by atoms with E-state index in [1.807, 2.05) is 6.07 Å². The van der Waals surface area contributed by atoms with Crippen LogP contribution in [-0.2, 0) is 0 Å². The standard InChI is InChI=1S/C12H20N4/c1-2-3-4-8-13-12-14-9-7-11(16-12)15-10-5-6-10/h7,9-10H,2-6,8H2,1H3,(H2,13,14,15,16). The first kappa shape index (κ1) is 11.2. The number of nitrogens with zero attached hydrogens (tertiary/aromatic N) is 2. The molecule has 1 fully saturated rings. The van der Waals surface area contributed by atoms with Gasteiger partial charge in [-0.3, -0.25) is 0 Å². The van der Waals surface area contributed by atoms with Crippen LogP contribution in [0.1, 0.15) is 39.0 Å². The molecule has 0 spiro atoms. The van der Waals surface area contributed by atoms with Crippen LogP contribution in [-0.4, -0.2) is 22.6 Å². The summed E-state index contributed by atoms with van der Waals surface area (Å²) in [6.07, 6.45) is 8.02. The number of anilines is 2. The fraction of sp³-hybridized carbons (Fsp3) is 0.667. The summed E-state index contributed by atoms with van der Waals surface area (Å²) in [4.78, 5) is 8.62. The van der Waals surface area contributed by atoms with Crippen LogP contribution in [0.15, 0.2) is 12.3 Å². The molecule has 0 aromatic carbocycles. The van der Waals surface area contributed by atoms with E-state index < -0.39 is 0 Å². The first-order valence-corrected chi connectivity index (χ1v) is 6.22. The van der Waals surface area contributed by atoms with Gasteiger partial charge in [-0.05, 0) is 25.3 Å². The molecule has 1 aromatic heterocycles. The highest BCUT2D eigenvalue weighted by Gasteiger charge is 2.21. The first-order valence-electron chi connectivity index (χ1n) is 6.22. The maximum atomic E-state index is 4.42. The lowest BCUT2D eigenvalue weighted by Crippen LogP contribution is -2.08. The maximum absolute atomic E-state index is 4.42. The van der Waals surface area contributed by atoms with Crippen LogP contribution < -0.4 is 10.6 Å². The normalized spacial score (nSPS) is 14.8. The third-order valence-electron chi connectivity index (χ3n) is 2.65. The molecule has 0 radical (unpaired) electrons. The van der Waals surface area contributed by atoms with E-state index in [2.05, 4.69) is 27.5 Å². The van der Waals surface area contributed by atoms with Gasteiger partial charge in [-0.15, -0.1) is 0 Å². The average molecular weight is 220 g/mol. The van der Waals surface area contributed by atoms with Crippen molar-refractivity contribution in [2.24, 2.45) is 0 Å². The van der Waals surface area contributed by atoms with Gasteiger partial charge >= 0.3 is 0 Å². The fourth-order valence-electron chi connectivity index (χ4n) is 1.54. The van der Waals surface area contributed by atoms with Crippen LogP contribution in [0.5, 0.6) is 0 Å². The van der Waals surface area contributed by atoms with Gasteiger partial charge in [0.1, 0.15) is 5.82 Å². The SMILES string of the molecule is CCCCCNc1nccc(NC2CC2)n1. The third-order valence-corrected chi connectivity index (χ3v) is 2.65. The van der Waals surface area contributed by atoms with E-state index in [0.717, 1.165) is 18.3 Å². The molecule has 1 saturated carbocycles. The van der Waals surface area contributed by atoms with Gasteiger partial charge in [0.25, 0.3) is 0 Å². The molecule has 0 atom stereocenters. The van der Waals surface area contributed by atoms with Crippen molar-refractivity contribution in [2.75, 3.05) is 17.2 Å². The van der Waals surface area contributed by atoms with E-state index in [-0.39, 0.29) is 0 Å². The number of unbranched alkanes of at least 4 members (excludes halogenated alkanes) is 2. The van der Waals surface area contributed by atoms with Crippen molar-refractivity contribution < 1.29 is 0 Å². The minimum absolute atomic E-state index is 0.642. The Bertz CT molecular complexity index is 323. The van der Waals surface area contributed by atoms with Crippen molar-refractivity contribution in [3.8, 4) is 0 Å². The Kier molecular flexibility index (Phi) is 3.97. The van der Waals surface area contributed by atoms with E-state index in [9.17, 15) is 0 Å². The van der Waals surface area contributed by atoms with E-state index in [0.29, 0.717) is 6.04 Å². The van der Waals surface area contributed by atoms with Gasteiger partial charge in [-0.2, -0.15) is 4.98 Å². The number of nitrogens with one attached hydrogen (secondary N) is 2. The average Bonchev–Trinajstić information content (AvgIpc) is 3.09. The zero-order chi connectivity index (χ0) is 11.2. The molecule has 16 heavy (non-hydrogen) atoms. The van der Waals surface area contributed by atoms with E-state index in [4.69, 9.17) is 0 Å². The molecule has 0 amide bonds. The van der Waals surface area contributed by atoms with Crippen molar-refractivity contribution in [1.82, 2.24) is 9.97 Å². The summed E-state index contributed by atoms with van der Waals surface area (Å²) >= 11 is 0. The van der Waals surface area contributed by atoms with Gasteiger partial charge in [0.2, 0.25) is 5.95 Å². The van der Waals surface area contributed by atoms with Crippen molar-refractivity contribution >= 4 is 11.8 Å². The first-order chi connectivity index (χ1) is 7.88. The van der Waals surface area contributed by atoms with Crippen molar-refractivity contribution in [2.45, 2.75) is 45.1 Å². The molecule has 4 nitrogen and oxygen atoms in total. The molecule has 4 heteroatoms. The van der Waals surface area contributed by atoms with Crippen LogP contribution in [0.4, 0.5) is 11.8 Å². The van der Waals surface area contributed by atoms with Crippen LogP contribution in [0.25, 0.3) is 0 Å². The van der Waals surface area contributed by atoms with E-state index in [1.54, 1.807) is 6.20 Å². The zero-order valence-electron chi connectivity index (χ0n) is 9.87. The second-order valence-corrected chi connectivity index (χ2v) is 4.32. The quantitative estimate of drug-likeness (QED) is 0.694. The van der Waals surface area contributed by atoms with Gasteiger partial charge in [0.15, 0.2) is 0 Å². The second-order valence-electron chi connectivity index (χ2n) is 4.32. The summed E-state index contributed by atoms with van der Waals surface area (Å²) in [5, 5.41) is 6.62. The van der Waals surface area contributed by atoms with E-state index in [1.165, 1.54) is 32.1 Å². The molecule has 1 aromatic rings. The Morgan fingerprint density at radius 1 is 1.38 bits per heavy atom. The summed E-state index contributed by atoms with van der Waals surface area (Å²) in [5.41, 5.74) is 0. The molecule has 0 saturated heterocycles. The van der Waals surface area contributed by atoms with Crippen LogP contribution in [0.3, 0.4) is 0 Å². The number of rotatable bonds is 7. The molecule has 0 aliphatic heterocycles. The van der Waals surface area contributed by atoms with Gasteiger partial charge in [-0.1, -0.05) is 19.8 Å². The van der Waals surface area contributed by atoms with Gasteiger partial charge < -0.3 is 10.6 Å². The predicted molar refractivity (Wildman–Crippen MR) is 66.7 cm³/mol. The number of hydrogen-bond acceptors (Lipinski definition) is 4. The second kappa shape index (κ2) is 5.68. The molecule has 1 aliphatic carbocycles. The predicted octanol–water partition coefficient (Wildman–Crippen LogP) is 2.65. The number of aromatic nitrogens is 2. The summed E-state index contributed by atoms with van der Waals surface area (Å²) in [6.45, 7) is 3.16. The van der Waals surface area contributed by atoms with Crippen LogP contribution >= 0.6 is 0 Å². The van der Waals surface area contributed by atoms with Crippen LogP contribution in [0.2, 0.25) is 0 Å². The fourth-order valence-corrected chi connectivity index (χ4v) is 1.54. The third kappa shape index (κ3) is 3.68. The van der Waals surface area contributed by atoms with Gasteiger partial charge in [0.05, 0.1) is 0 Å². The molecule has 1 aliphatic rings. The Morgan fingerprint density at radius 3 is 3.00 bits per heavy atom. The van der Waals surface area contributed by atoms with Gasteiger partial charge in [-0.25, -0.2) is 4.98 Å². The van der Waals surface area contributed by atoms with Gasteiger partial charge in [0, 0.05) is 18.8 Å². The monoisotopic (exact) mass is 220 g/mol. The molecular weight excluding hydrogens is 200 g/mol. The lowest BCUT2D eigenvalue weighted by Gasteiger charge is -2.07. The molecular formula is C12H20N4. The largest absolute Gasteiger partial charge is 0.367 e. The van der Waals surface area contributed by atoms with Crippen molar-refractivity contribution in [1.29, 1.82) is 0 Å². The Hall–Kier alpha value is -1.32. The molecule has 1 heterocycles. The smallest absolute Gasteiger partial charge is 0.224 e. The summed E-state index contributed by atoms with van der Waals surface area (Å²) in [5.74, 6) is 1.68. The van der Waals surface area contributed by atoms with Crippen LogP contribution in [0, 0.1) is 0 Å². The highest BCUT2D eigenvalue weighted by Crippen LogP contribution is 2.23. The lowest BCUT2D eigenvalue weighted by atomic mass is 10.2. The Morgan fingerprint density at radius 2 is 2.25 bits per heavy atom. The lowest BCUT2D eigenvalue weighted by molar-refractivity contribution is 0.740. The molecule has 88 valence electrons. The highest BCUT2D eigenvalue weighted by molar-refractivity contribution is 5.41. The van der Waals surface area contributed by atoms with E-state index >= 15 is 0 Å². The van der Waals surface area contributed by atoms with Crippen molar-refractivity contribution in [3.63, 3.8) is 0 Å². The minimum atomic E-state index is 0.642. The topological polar surface area (TPSA) is 49.8 Å². The highest BCUT2D eigenvalue weighted by atomic mass is 15.1. The Balaban J connectivity index is 1.78. The zero-order valence-corrected chi connectivity index (χ0v) is 9.87. The minimum Gasteiger partial charge on any atom is -0.367 e. The molecule has 0 unspecified atom stereocenters. The van der Waals surface area contributed by atoms with Crippen molar-refractivity contribution in [3.05, 3.63) is 12.3 Å². The molecule has 2 N–H and O–H groups in total. The molecule has 0 bridgehead atoms. The summed E-state index contributed by atoms with van der Waals surface area (Å²) in [6, 6.07) is 2.57. The molecule has 2 rings (SSSR count).